The molecule has 1 atom stereocenters. The molecule has 4 aromatic rings. The number of H-pyrrole nitrogens is 1. The van der Waals surface area contributed by atoms with Crippen molar-refractivity contribution in [2.24, 2.45) is 0 Å². The fraction of sp³-hybridized carbons (Fsp3) is 0.259. The molecule has 2 aromatic heterocycles. The lowest BCUT2D eigenvalue weighted by molar-refractivity contribution is -0.704. The predicted octanol–water partition coefficient (Wildman–Crippen LogP) is 4.49. The zero-order valence-electron chi connectivity index (χ0n) is 20.2. The fourth-order valence-electron chi connectivity index (χ4n) is 4.53. The molecule has 8 nitrogen and oxygen atoms in total. The summed E-state index contributed by atoms with van der Waals surface area (Å²) in [6, 6.07) is 19.5. The van der Waals surface area contributed by atoms with E-state index in [1.807, 2.05) is 48.5 Å². The molecule has 0 spiro atoms. The van der Waals surface area contributed by atoms with Gasteiger partial charge in [-0.05, 0) is 64.9 Å². The highest BCUT2D eigenvalue weighted by Gasteiger charge is 2.31. The van der Waals surface area contributed by atoms with Crippen LogP contribution < -0.4 is 15.6 Å². The monoisotopic (exact) mass is 536 g/mol. The Morgan fingerprint density at radius 1 is 1.16 bits per heavy atom. The van der Waals surface area contributed by atoms with Crippen LogP contribution in [-0.2, 0) is 22.4 Å². The van der Waals surface area contributed by atoms with Gasteiger partial charge in [-0.2, -0.15) is 0 Å². The van der Waals surface area contributed by atoms with E-state index in [-0.39, 0.29) is 23.3 Å². The van der Waals surface area contributed by atoms with Crippen LogP contribution in [0.3, 0.4) is 0 Å². The van der Waals surface area contributed by atoms with E-state index in [1.54, 1.807) is 6.92 Å². The van der Waals surface area contributed by atoms with Crippen molar-refractivity contribution in [2.75, 3.05) is 17.7 Å². The first-order chi connectivity index (χ1) is 18.0. The van der Waals surface area contributed by atoms with Crippen LogP contribution in [0.2, 0.25) is 0 Å². The van der Waals surface area contributed by atoms with Gasteiger partial charge >= 0.3 is 16.6 Å². The Morgan fingerprint density at radius 3 is 2.62 bits per heavy atom. The molecular weight excluding hydrogens is 510 g/mol. The third-order valence-electron chi connectivity index (χ3n) is 6.23. The van der Waals surface area contributed by atoms with E-state index in [9.17, 15) is 14.4 Å². The van der Waals surface area contributed by atoms with Gasteiger partial charge < -0.3 is 10.1 Å². The van der Waals surface area contributed by atoms with Crippen molar-refractivity contribution < 1.29 is 23.5 Å². The van der Waals surface area contributed by atoms with Crippen molar-refractivity contribution >= 4 is 40.0 Å². The Hall–Kier alpha value is -3.63. The summed E-state index contributed by atoms with van der Waals surface area (Å²) in [6.07, 6.45) is 2.47. The van der Waals surface area contributed by atoms with Gasteiger partial charge in [-0.3, -0.25) is 9.32 Å². The maximum absolute atomic E-state index is 13.0. The van der Waals surface area contributed by atoms with Crippen LogP contribution in [0.4, 0.5) is 5.00 Å². The molecule has 37 heavy (non-hydrogen) atoms. The Balaban J connectivity index is 1.35. The first-order valence-electron chi connectivity index (χ1n) is 12.0. The number of aromatic amines is 1. The molecule has 1 unspecified atom stereocenters. The Kier molecular flexibility index (Phi) is 7.57. The summed E-state index contributed by atoms with van der Waals surface area (Å²) >= 11 is 2.50. The van der Waals surface area contributed by atoms with Crippen molar-refractivity contribution in [3.8, 4) is 5.69 Å². The van der Waals surface area contributed by atoms with E-state index in [0.717, 1.165) is 41.5 Å². The lowest BCUT2D eigenvalue weighted by atomic mass is 9.83. The average Bonchev–Trinajstić information content (AvgIpc) is 3.47. The van der Waals surface area contributed by atoms with Crippen molar-refractivity contribution in [2.45, 2.75) is 37.1 Å². The van der Waals surface area contributed by atoms with Gasteiger partial charge in [0.25, 0.3) is 0 Å². The van der Waals surface area contributed by atoms with Gasteiger partial charge in [0.2, 0.25) is 11.6 Å². The smallest absolute Gasteiger partial charge is 0.442 e. The van der Waals surface area contributed by atoms with Crippen molar-refractivity contribution in [1.29, 1.82) is 0 Å². The number of amides is 1. The molecule has 0 radical (unpaired) electrons. The number of carbonyl (C=O) groups is 2. The molecule has 0 fully saturated rings. The zero-order chi connectivity index (χ0) is 25.8. The predicted molar refractivity (Wildman–Crippen MR) is 142 cm³/mol. The summed E-state index contributed by atoms with van der Waals surface area (Å²) in [5, 5.41) is 6.23. The summed E-state index contributed by atoms with van der Waals surface area (Å²) < 4.78 is 11.8. The molecule has 0 saturated heterocycles. The highest BCUT2D eigenvalue weighted by molar-refractivity contribution is 7.99. The van der Waals surface area contributed by atoms with E-state index >= 15 is 0 Å². The molecule has 1 aliphatic carbocycles. The molecule has 0 saturated carbocycles. The average molecular weight is 537 g/mol. The molecule has 10 heteroatoms. The van der Waals surface area contributed by atoms with Crippen LogP contribution in [0.1, 0.15) is 45.6 Å². The van der Waals surface area contributed by atoms with Crippen molar-refractivity contribution in [3.05, 3.63) is 92.7 Å². The van der Waals surface area contributed by atoms with Gasteiger partial charge in [0.1, 0.15) is 5.00 Å². The first-order valence-corrected chi connectivity index (χ1v) is 13.8. The molecular formula is C27H26N3O5S2+. The van der Waals surface area contributed by atoms with E-state index in [2.05, 4.69) is 22.7 Å². The lowest BCUT2D eigenvalue weighted by Crippen LogP contribution is -2.36. The van der Waals surface area contributed by atoms with Crippen LogP contribution in [0.15, 0.2) is 75.0 Å². The summed E-state index contributed by atoms with van der Waals surface area (Å²) in [5.74, 6) is -0.418. The van der Waals surface area contributed by atoms with Crippen LogP contribution in [0, 0.1) is 0 Å². The Labute approximate surface area is 221 Å². The molecule has 190 valence electrons. The second-order valence-electron chi connectivity index (χ2n) is 8.57. The molecule has 1 aliphatic rings. The number of para-hydroxylation sites is 1. The zero-order valence-corrected chi connectivity index (χ0v) is 21.8. The maximum Gasteiger partial charge on any atom is 0.442 e. The highest BCUT2D eigenvalue weighted by atomic mass is 32.2. The number of benzene rings is 2. The van der Waals surface area contributed by atoms with Crippen LogP contribution in [-0.4, -0.2) is 29.5 Å². The van der Waals surface area contributed by atoms with E-state index in [4.69, 9.17) is 9.26 Å². The number of esters is 1. The summed E-state index contributed by atoms with van der Waals surface area (Å²) in [6.45, 7) is 2.02. The third-order valence-corrected chi connectivity index (χ3v) is 8.43. The number of anilines is 1. The van der Waals surface area contributed by atoms with Crippen molar-refractivity contribution in [3.63, 3.8) is 0 Å². The third kappa shape index (κ3) is 5.40. The largest absolute Gasteiger partial charge is 0.462 e. The molecule has 1 amide bonds. The van der Waals surface area contributed by atoms with E-state index < -0.39 is 11.6 Å². The SMILES string of the molecule is CCOC(=O)c1c(NC(=O)CSc2c(=O)o[nH][n+]2-c2ccccc2)sc2c1CCC(c1ccccc1)C2. The normalized spacial score (nSPS) is 14.7. The van der Waals surface area contributed by atoms with Gasteiger partial charge in [-0.25, -0.2) is 9.59 Å². The second kappa shape index (κ2) is 11.2. The number of nitrogens with one attached hydrogen (secondary N) is 2. The summed E-state index contributed by atoms with van der Waals surface area (Å²) in [4.78, 5) is 39.2. The Morgan fingerprint density at radius 2 is 1.89 bits per heavy atom. The minimum absolute atomic E-state index is 0.0348. The first kappa shape index (κ1) is 25.0. The van der Waals surface area contributed by atoms with Gasteiger partial charge in [0.05, 0.1) is 17.9 Å². The van der Waals surface area contributed by atoms with Gasteiger partial charge in [-0.1, -0.05) is 48.5 Å². The number of thiophene rings is 1. The number of thioether (sulfide) groups is 1. The van der Waals surface area contributed by atoms with Gasteiger partial charge in [0, 0.05) is 17.0 Å². The number of nitrogens with zero attached hydrogens (tertiary/aromatic N) is 1. The number of aromatic nitrogens is 2. The molecule has 2 aromatic carbocycles. The van der Waals surface area contributed by atoms with E-state index in [1.165, 1.54) is 21.6 Å². The molecule has 5 rings (SSSR count). The topological polar surface area (TPSA) is 105 Å². The standard InChI is InChI=1S/C27H25N3O5S2/c1-2-34-26(32)23-20-14-13-18(17-9-5-3-6-10-17)15-21(20)37-24(23)28-22(31)16-36-25-27(33)35-29-30(25)19-11-7-4-8-12-19/h3-12,18H,2,13-16H2,1H3,(H-,28,29,31,32,33)/p+1. The second-order valence-corrected chi connectivity index (χ2v) is 10.6. The number of hydrogen-bond donors (Lipinski definition) is 2. The number of fused-ring (bicyclic) bond motifs is 1. The molecule has 0 aliphatic heterocycles. The molecule has 2 heterocycles. The minimum atomic E-state index is -0.563. The summed E-state index contributed by atoms with van der Waals surface area (Å²) in [5.41, 5.74) is 2.84. The maximum atomic E-state index is 13.0. The van der Waals surface area contributed by atoms with Crippen LogP contribution in [0.5, 0.6) is 0 Å². The number of rotatable bonds is 8. The molecule has 2 N–H and O–H groups in total. The lowest BCUT2D eigenvalue weighted by Gasteiger charge is -2.23. The summed E-state index contributed by atoms with van der Waals surface area (Å²) in [7, 11) is 0. The fourth-order valence-corrected chi connectivity index (χ4v) is 6.64. The Bertz CT molecular complexity index is 1460. The van der Waals surface area contributed by atoms with Crippen LogP contribution in [0.25, 0.3) is 5.69 Å². The van der Waals surface area contributed by atoms with Crippen molar-refractivity contribution in [1.82, 2.24) is 5.27 Å². The minimum Gasteiger partial charge on any atom is -0.462 e. The highest BCUT2D eigenvalue weighted by Crippen LogP contribution is 2.42. The molecule has 0 bridgehead atoms. The number of carbonyl (C=O) groups excluding carboxylic acids is 2. The number of ether oxygens (including phenoxy) is 1. The number of hydrogen-bond acceptors (Lipinski definition) is 7. The van der Waals surface area contributed by atoms with Gasteiger partial charge in [0.15, 0.2) is 0 Å². The van der Waals surface area contributed by atoms with E-state index in [0.29, 0.717) is 22.2 Å². The van der Waals surface area contributed by atoms with Crippen LogP contribution >= 0.6 is 23.1 Å². The quantitative estimate of drug-likeness (QED) is 0.195. The van der Waals surface area contributed by atoms with Gasteiger partial charge in [-0.15, -0.1) is 11.3 Å².